The number of hydrogen-bond acceptors (Lipinski definition) is 3. The number of carboxylic acid groups (broad SMARTS) is 1. The predicted molar refractivity (Wildman–Crippen MR) is 86.9 cm³/mol. The molecule has 2 heterocycles. The van der Waals surface area contributed by atoms with E-state index in [9.17, 15) is 19.1 Å². The van der Waals surface area contributed by atoms with Crippen LogP contribution < -0.4 is 0 Å². The van der Waals surface area contributed by atoms with Crippen LogP contribution in [0, 0.1) is 18.7 Å². The van der Waals surface area contributed by atoms with Crippen molar-refractivity contribution < 1.29 is 19.1 Å². The summed E-state index contributed by atoms with van der Waals surface area (Å²) in [5, 5.41) is 9.50. The monoisotopic (exact) mass is 334 g/mol. The quantitative estimate of drug-likeness (QED) is 0.919. The van der Waals surface area contributed by atoms with E-state index in [1.165, 1.54) is 6.07 Å². The molecule has 2 fully saturated rings. The van der Waals surface area contributed by atoms with Crippen molar-refractivity contribution in [2.75, 3.05) is 20.1 Å². The third-order valence-electron chi connectivity index (χ3n) is 5.86. The lowest BCUT2D eigenvalue weighted by Gasteiger charge is -2.45. The summed E-state index contributed by atoms with van der Waals surface area (Å²) in [6.07, 6.45) is 1.37. The molecule has 1 unspecified atom stereocenters. The van der Waals surface area contributed by atoms with Gasteiger partial charge in [0.2, 0.25) is 5.91 Å². The Kier molecular flexibility index (Phi) is 4.34. The molecule has 1 atom stereocenters. The van der Waals surface area contributed by atoms with Gasteiger partial charge in [-0.15, -0.1) is 0 Å². The lowest BCUT2D eigenvalue weighted by Crippen LogP contribution is -2.55. The fourth-order valence-electron chi connectivity index (χ4n) is 4.15. The molecule has 1 spiro atoms. The predicted octanol–water partition coefficient (Wildman–Crippen LogP) is 2.03. The minimum atomic E-state index is -0.887. The fourth-order valence-corrected chi connectivity index (χ4v) is 4.15. The van der Waals surface area contributed by atoms with Crippen molar-refractivity contribution in [2.24, 2.45) is 5.92 Å². The Labute approximate surface area is 141 Å². The van der Waals surface area contributed by atoms with E-state index < -0.39 is 17.4 Å². The molecular weight excluding hydrogens is 311 g/mol. The molecule has 1 aromatic rings. The van der Waals surface area contributed by atoms with Gasteiger partial charge in [-0.2, -0.15) is 0 Å². The molecule has 6 heteroatoms. The van der Waals surface area contributed by atoms with E-state index in [0.717, 1.165) is 5.56 Å². The van der Waals surface area contributed by atoms with E-state index >= 15 is 0 Å². The van der Waals surface area contributed by atoms with E-state index in [1.807, 2.05) is 6.07 Å². The number of amides is 1. The SMILES string of the molecule is Cc1c(F)cccc1CN1CCC2(CC1)C(C(=O)O)CC(=O)N2C. The average Bonchev–Trinajstić information content (AvgIpc) is 2.79. The summed E-state index contributed by atoms with van der Waals surface area (Å²) < 4.78 is 13.7. The van der Waals surface area contributed by atoms with E-state index in [4.69, 9.17) is 0 Å². The highest BCUT2D eigenvalue weighted by molar-refractivity contribution is 5.88. The van der Waals surface area contributed by atoms with Crippen LogP contribution >= 0.6 is 0 Å². The van der Waals surface area contributed by atoms with Crippen molar-refractivity contribution in [3.8, 4) is 0 Å². The molecular formula is C18H23FN2O3. The highest BCUT2D eigenvalue weighted by atomic mass is 19.1. The summed E-state index contributed by atoms with van der Waals surface area (Å²) in [7, 11) is 1.72. The maximum atomic E-state index is 13.7. The lowest BCUT2D eigenvalue weighted by molar-refractivity contribution is -0.146. The molecule has 0 aromatic heterocycles. The topological polar surface area (TPSA) is 60.9 Å². The molecule has 1 amide bonds. The molecule has 2 saturated heterocycles. The third-order valence-corrected chi connectivity index (χ3v) is 5.86. The number of nitrogens with zero attached hydrogens (tertiary/aromatic N) is 2. The molecule has 0 saturated carbocycles. The van der Waals surface area contributed by atoms with Crippen molar-refractivity contribution in [3.05, 3.63) is 35.1 Å². The van der Waals surface area contributed by atoms with Gasteiger partial charge < -0.3 is 10.0 Å². The second-order valence-corrected chi connectivity index (χ2v) is 6.95. The van der Waals surface area contributed by atoms with Gasteiger partial charge in [0.05, 0.1) is 11.5 Å². The van der Waals surface area contributed by atoms with Gasteiger partial charge >= 0.3 is 5.97 Å². The van der Waals surface area contributed by atoms with Crippen molar-refractivity contribution in [3.63, 3.8) is 0 Å². The van der Waals surface area contributed by atoms with Crippen LogP contribution in [0.2, 0.25) is 0 Å². The summed E-state index contributed by atoms with van der Waals surface area (Å²) in [5.41, 5.74) is 1.04. The first-order valence-corrected chi connectivity index (χ1v) is 8.31. The van der Waals surface area contributed by atoms with Gasteiger partial charge in [0.25, 0.3) is 0 Å². The minimum absolute atomic E-state index is 0.0863. The van der Waals surface area contributed by atoms with E-state index in [2.05, 4.69) is 4.90 Å². The number of carboxylic acids is 1. The Balaban J connectivity index is 1.72. The second kappa shape index (κ2) is 6.16. The van der Waals surface area contributed by atoms with Crippen LogP contribution in [-0.2, 0) is 16.1 Å². The van der Waals surface area contributed by atoms with Crippen molar-refractivity contribution in [1.29, 1.82) is 0 Å². The number of benzene rings is 1. The summed E-state index contributed by atoms with van der Waals surface area (Å²) in [4.78, 5) is 27.5. The van der Waals surface area contributed by atoms with Gasteiger partial charge in [0.1, 0.15) is 5.82 Å². The van der Waals surface area contributed by atoms with E-state index in [0.29, 0.717) is 38.0 Å². The van der Waals surface area contributed by atoms with Gasteiger partial charge in [0.15, 0.2) is 0 Å². The Morgan fingerprint density at radius 3 is 2.67 bits per heavy atom. The number of rotatable bonds is 3. The van der Waals surface area contributed by atoms with Crippen LogP contribution in [0.25, 0.3) is 0 Å². The molecule has 5 nitrogen and oxygen atoms in total. The zero-order valence-corrected chi connectivity index (χ0v) is 14.1. The third kappa shape index (κ3) is 2.69. The molecule has 3 rings (SSSR count). The number of aliphatic carboxylic acids is 1. The zero-order valence-electron chi connectivity index (χ0n) is 14.1. The van der Waals surface area contributed by atoms with Crippen molar-refractivity contribution in [2.45, 2.75) is 38.3 Å². The van der Waals surface area contributed by atoms with Gasteiger partial charge in [0, 0.05) is 33.1 Å². The molecule has 130 valence electrons. The molecule has 0 aliphatic carbocycles. The Hall–Kier alpha value is -1.95. The number of halogens is 1. The largest absolute Gasteiger partial charge is 0.481 e. The zero-order chi connectivity index (χ0) is 17.5. The summed E-state index contributed by atoms with van der Waals surface area (Å²) in [5.74, 6) is -1.81. The number of hydrogen-bond donors (Lipinski definition) is 1. The van der Waals surface area contributed by atoms with Gasteiger partial charge in [-0.3, -0.25) is 14.5 Å². The Morgan fingerprint density at radius 2 is 2.04 bits per heavy atom. The van der Waals surface area contributed by atoms with Crippen LogP contribution in [0.3, 0.4) is 0 Å². The number of carbonyl (C=O) groups is 2. The maximum Gasteiger partial charge on any atom is 0.309 e. The number of carbonyl (C=O) groups excluding carboxylic acids is 1. The standard InChI is InChI=1S/C18H23FN2O3/c1-12-13(4-3-5-15(12)19)11-21-8-6-18(7-9-21)14(17(23)24)10-16(22)20(18)2/h3-5,14H,6-11H2,1-2H3,(H,23,24). The molecule has 2 aliphatic rings. The first kappa shape index (κ1) is 16.9. The van der Waals surface area contributed by atoms with E-state index in [-0.39, 0.29) is 18.1 Å². The normalized spacial score (nSPS) is 23.9. The van der Waals surface area contributed by atoms with Gasteiger partial charge in [-0.1, -0.05) is 12.1 Å². The lowest BCUT2D eigenvalue weighted by atomic mass is 9.77. The summed E-state index contributed by atoms with van der Waals surface area (Å²) in [6.45, 7) is 3.84. The van der Waals surface area contributed by atoms with Gasteiger partial charge in [-0.25, -0.2) is 4.39 Å². The summed E-state index contributed by atoms with van der Waals surface area (Å²) in [6, 6.07) is 5.10. The fraction of sp³-hybridized carbons (Fsp3) is 0.556. The van der Waals surface area contributed by atoms with Crippen LogP contribution in [0.1, 0.15) is 30.4 Å². The van der Waals surface area contributed by atoms with Crippen molar-refractivity contribution >= 4 is 11.9 Å². The summed E-state index contributed by atoms with van der Waals surface area (Å²) >= 11 is 0. The molecule has 1 N–H and O–H groups in total. The Bertz CT molecular complexity index is 668. The molecule has 0 radical (unpaired) electrons. The molecule has 1 aromatic carbocycles. The van der Waals surface area contributed by atoms with Crippen LogP contribution in [0.4, 0.5) is 4.39 Å². The molecule has 2 aliphatic heterocycles. The van der Waals surface area contributed by atoms with Crippen LogP contribution in [-0.4, -0.2) is 52.5 Å². The smallest absolute Gasteiger partial charge is 0.309 e. The number of piperidine rings is 1. The highest BCUT2D eigenvalue weighted by Gasteiger charge is 2.55. The highest BCUT2D eigenvalue weighted by Crippen LogP contribution is 2.43. The van der Waals surface area contributed by atoms with Crippen LogP contribution in [0.15, 0.2) is 18.2 Å². The number of likely N-dealkylation sites (tertiary alicyclic amines) is 2. The second-order valence-electron chi connectivity index (χ2n) is 6.95. The Morgan fingerprint density at radius 1 is 1.38 bits per heavy atom. The maximum absolute atomic E-state index is 13.7. The van der Waals surface area contributed by atoms with Gasteiger partial charge in [-0.05, 0) is 37.0 Å². The molecule has 0 bridgehead atoms. The van der Waals surface area contributed by atoms with Crippen molar-refractivity contribution in [1.82, 2.24) is 9.80 Å². The molecule has 24 heavy (non-hydrogen) atoms. The first-order chi connectivity index (χ1) is 11.3. The minimum Gasteiger partial charge on any atom is -0.481 e. The first-order valence-electron chi connectivity index (χ1n) is 8.31. The van der Waals surface area contributed by atoms with Crippen LogP contribution in [0.5, 0.6) is 0 Å². The average molecular weight is 334 g/mol. The van der Waals surface area contributed by atoms with E-state index in [1.54, 1.807) is 24.9 Å².